The van der Waals surface area contributed by atoms with Crippen LogP contribution in [0.15, 0.2) is 53.4 Å². The molecule has 0 bridgehead atoms. The number of nitrogens with one attached hydrogen (secondary N) is 1. The number of rotatable bonds is 8. The molecule has 1 amide bonds. The zero-order valence-corrected chi connectivity index (χ0v) is 16.5. The van der Waals surface area contributed by atoms with Crippen LogP contribution in [0.25, 0.3) is 0 Å². The van der Waals surface area contributed by atoms with Crippen LogP contribution in [-0.2, 0) is 16.4 Å². The van der Waals surface area contributed by atoms with E-state index in [9.17, 15) is 13.2 Å². The molecule has 140 valence electrons. The molecule has 0 spiro atoms. The summed E-state index contributed by atoms with van der Waals surface area (Å²) in [6, 6.07) is 13.7. The predicted octanol–water partition coefficient (Wildman–Crippen LogP) is 3.34. The normalized spacial score (nSPS) is 11.5. The van der Waals surface area contributed by atoms with E-state index in [0.29, 0.717) is 12.1 Å². The lowest BCUT2D eigenvalue weighted by molar-refractivity contribution is 0.0953. The summed E-state index contributed by atoms with van der Waals surface area (Å²) in [5.74, 6) is -0.207. The first kappa shape index (κ1) is 20.4. The SMILES string of the molecule is CN(C)S(=O)(=O)c1ccc(C(=O)NCCCCc2cccc(Cl)c2)cc1. The lowest BCUT2D eigenvalue weighted by Crippen LogP contribution is -2.25. The van der Waals surface area contributed by atoms with E-state index in [2.05, 4.69) is 5.32 Å². The van der Waals surface area contributed by atoms with Gasteiger partial charge >= 0.3 is 0 Å². The van der Waals surface area contributed by atoms with Gasteiger partial charge in [0.25, 0.3) is 5.91 Å². The topological polar surface area (TPSA) is 66.5 Å². The minimum Gasteiger partial charge on any atom is -0.352 e. The second-order valence-corrected chi connectivity index (χ2v) is 8.74. The van der Waals surface area contributed by atoms with Crippen molar-refractivity contribution in [1.29, 1.82) is 0 Å². The molecule has 0 unspecified atom stereocenters. The minimum absolute atomic E-state index is 0.167. The highest BCUT2D eigenvalue weighted by atomic mass is 35.5. The maximum Gasteiger partial charge on any atom is 0.251 e. The van der Waals surface area contributed by atoms with Crippen molar-refractivity contribution in [3.05, 3.63) is 64.7 Å². The Morgan fingerprint density at radius 3 is 2.38 bits per heavy atom. The number of carbonyl (C=O) groups is 1. The molecule has 1 N–H and O–H groups in total. The van der Waals surface area contributed by atoms with Gasteiger partial charge < -0.3 is 5.32 Å². The Balaban J connectivity index is 1.79. The van der Waals surface area contributed by atoms with E-state index in [0.717, 1.165) is 28.6 Å². The van der Waals surface area contributed by atoms with E-state index in [1.165, 1.54) is 43.9 Å². The van der Waals surface area contributed by atoms with E-state index < -0.39 is 10.0 Å². The van der Waals surface area contributed by atoms with Crippen LogP contribution in [0.3, 0.4) is 0 Å². The van der Waals surface area contributed by atoms with Gasteiger partial charge in [-0.25, -0.2) is 12.7 Å². The Labute approximate surface area is 160 Å². The van der Waals surface area contributed by atoms with Crippen molar-refractivity contribution < 1.29 is 13.2 Å². The lowest BCUT2D eigenvalue weighted by Gasteiger charge is -2.11. The van der Waals surface area contributed by atoms with Gasteiger partial charge in [-0.3, -0.25) is 4.79 Å². The van der Waals surface area contributed by atoms with Gasteiger partial charge in [-0.2, -0.15) is 0 Å². The monoisotopic (exact) mass is 394 g/mol. The molecule has 2 aromatic carbocycles. The Hall–Kier alpha value is -1.89. The highest BCUT2D eigenvalue weighted by Gasteiger charge is 2.17. The summed E-state index contributed by atoms with van der Waals surface area (Å²) >= 11 is 5.95. The number of aryl methyl sites for hydroxylation is 1. The van der Waals surface area contributed by atoms with Gasteiger partial charge in [0.1, 0.15) is 0 Å². The van der Waals surface area contributed by atoms with Crippen LogP contribution in [0.2, 0.25) is 5.02 Å². The molecule has 7 heteroatoms. The Morgan fingerprint density at radius 2 is 1.77 bits per heavy atom. The van der Waals surface area contributed by atoms with E-state index in [4.69, 9.17) is 11.6 Å². The fourth-order valence-electron chi connectivity index (χ4n) is 2.44. The first-order valence-electron chi connectivity index (χ1n) is 8.36. The summed E-state index contributed by atoms with van der Waals surface area (Å²) in [7, 11) is -0.538. The van der Waals surface area contributed by atoms with E-state index in [1.807, 2.05) is 24.3 Å². The fraction of sp³-hybridized carbons (Fsp3) is 0.316. The molecule has 0 radical (unpaired) electrons. The van der Waals surface area contributed by atoms with Gasteiger partial charge in [0, 0.05) is 31.2 Å². The predicted molar refractivity (Wildman–Crippen MR) is 104 cm³/mol. The standard InChI is InChI=1S/C19H23ClN2O3S/c1-22(2)26(24,25)18-11-9-16(10-12-18)19(23)21-13-4-3-6-15-7-5-8-17(20)14-15/h5,7-12,14H,3-4,6,13H2,1-2H3,(H,21,23). The smallest absolute Gasteiger partial charge is 0.251 e. The Morgan fingerprint density at radius 1 is 1.08 bits per heavy atom. The number of unbranched alkanes of at least 4 members (excludes halogenated alkanes) is 1. The van der Waals surface area contributed by atoms with E-state index in [1.54, 1.807) is 0 Å². The van der Waals surface area contributed by atoms with Crippen LogP contribution in [0, 0.1) is 0 Å². The zero-order chi connectivity index (χ0) is 19.2. The number of carbonyl (C=O) groups excluding carboxylic acids is 1. The second-order valence-electron chi connectivity index (χ2n) is 6.15. The van der Waals surface area contributed by atoms with Gasteiger partial charge in [-0.1, -0.05) is 23.7 Å². The molecular weight excluding hydrogens is 372 g/mol. The minimum atomic E-state index is -3.48. The summed E-state index contributed by atoms with van der Waals surface area (Å²) in [6.07, 6.45) is 2.71. The maximum atomic E-state index is 12.1. The molecule has 5 nitrogen and oxygen atoms in total. The summed E-state index contributed by atoms with van der Waals surface area (Å²) in [5.41, 5.74) is 1.62. The number of sulfonamides is 1. The maximum absolute atomic E-state index is 12.1. The average Bonchev–Trinajstić information content (AvgIpc) is 2.61. The fourth-order valence-corrected chi connectivity index (χ4v) is 3.55. The highest BCUT2D eigenvalue weighted by Crippen LogP contribution is 2.14. The first-order chi connectivity index (χ1) is 12.3. The number of hydrogen-bond acceptors (Lipinski definition) is 3. The summed E-state index contributed by atoms with van der Waals surface area (Å²) in [5, 5.41) is 3.58. The third-order valence-electron chi connectivity index (χ3n) is 3.96. The number of nitrogens with zero attached hydrogens (tertiary/aromatic N) is 1. The quantitative estimate of drug-likeness (QED) is 0.698. The molecule has 0 aliphatic carbocycles. The molecule has 26 heavy (non-hydrogen) atoms. The number of amides is 1. The Kier molecular flexibility index (Phi) is 7.20. The van der Waals surface area contributed by atoms with Gasteiger partial charge in [0.15, 0.2) is 0 Å². The van der Waals surface area contributed by atoms with Crippen molar-refractivity contribution in [2.75, 3.05) is 20.6 Å². The van der Waals surface area contributed by atoms with Crippen LogP contribution in [0.1, 0.15) is 28.8 Å². The van der Waals surface area contributed by atoms with Crippen molar-refractivity contribution in [3.8, 4) is 0 Å². The molecule has 0 aliphatic heterocycles. The van der Waals surface area contributed by atoms with Crippen molar-refractivity contribution in [2.45, 2.75) is 24.2 Å². The molecule has 0 saturated heterocycles. The second kappa shape index (κ2) is 9.16. The van der Waals surface area contributed by atoms with Gasteiger partial charge in [-0.05, 0) is 61.2 Å². The van der Waals surface area contributed by atoms with E-state index in [-0.39, 0.29) is 10.8 Å². The molecule has 0 aromatic heterocycles. The van der Waals surface area contributed by atoms with Gasteiger partial charge in [0.2, 0.25) is 10.0 Å². The molecule has 0 heterocycles. The lowest BCUT2D eigenvalue weighted by atomic mass is 10.1. The van der Waals surface area contributed by atoms with Gasteiger partial charge in [0.05, 0.1) is 4.90 Å². The number of halogens is 1. The summed E-state index contributed by atoms with van der Waals surface area (Å²) in [6.45, 7) is 0.567. The number of hydrogen-bond donors (Lipinski definition) is 1. The molecule has 2 aromatic rings. The van der Waals surface area contributed by atoms with Crippen LogP contribution in [0.5, 0.6) is 0 Å². The number of benzene rings is 2. The van der Waals surface area contributed by atoms with Crippen molar-refractivity contribution in [1.82, 2.24) is 9.62 Å². The van der Waals surface area contributed by atoms with Crippen LogP contribution >= 0.6 is 11.6 Å². The molecule has 0 atom stereocenters. The molecule has 0 fully saturated rings. The molecule has 0 saturated carbocycles. The third-order valence-corrected chi connectivity index (χ3v) is 6.03. The molecule has 2 rings (SSSR count). The third kappa shape index (κ3) is 5.56. The summed E-state index contributed by atoms with van der Waals surface area (Å²) in [4.78, 5) is 12.3. The zero-order valence-electron chi connectivity index (χ0n) is 14.9. The van der Waals surface area contributed by atoms with Crippen molar-refractivity contribution in [2.24, 2.45) is 0 Å². The largest absolute Gasteiger partial charge is 0.352 e. The van der Waals surface area contributed by atoms with Crippen LogP contribution in [0.4, 0.5) is 0 Å². The Bertz CT molecular complexity index is 849. The molecule has 0 aliphatic rings. The van der Waals surface area contributed by atoms with Crippen molar-refractivity contribution in [3.63, 3.8) is 0 Å². The summed E-state index contributed by atoms with van der Waals surface area (Å²) < 4.78 is 25.2. The van der Waals surface area contributed by atoms with Crippen LogP contribution < -0.4 is 5.32 Å². The van der Waals surface area contributed by atoms with Crippen molar-refractivity contribution >= 4 is 27.5 Å². The molecular formula is C19H23ClN2O3S. The van der Waals surface area contributed by atoms with Gasteiger partial charge in [-0.15, -0.1) is 0 Å². The van der Waals surface area contributed by atoms with E-state index >= 15 is 0 Å². The van der Waals surface area contributed by atoms with Crippen LogP contribution in [-0.4, -0.2) is 39.3 Å². The first-order valence-corrected chi connectivity index (χ1v) is 10.2. The highest BCUT2D eigenvalue weighted by molar-refractivity contribution is 7.89. The average molecular weight is 395 g/mol.